The summed E-state index contributed by atoms with van der Waals surface area (Å²) in [5.74, 6) is -71.3. The molecule has 0 aliphatic heterocycles. The molecule has 0 saturated carbocycles. The highest BCUT2D eigenvalue weighted by atomic mass is 19.2. The summed E-state index contributed by atoms with van der Waals surface area (Å²) in [6.07, 6.45) is -3.22. The van der Waals surface area contributed by atoms with Crippen molar-refractivity contribution < 1.29 is 97.2 Å². The molecule has 23 heteroatoms. The van der Waals surface area contributed by atoms with Gasteiger partial charge in [0.05, 0.1) is 0 Å². The van der Waals surface area contributed by atoms with Gasteiger partial charge in [-0.1, -0.05) is 30.3 Å². The Morgan fingerprint density at radius 2 is 0.623 bits per heavy atom. The first-order valence-electron chi connectivity index (χ1n) is 16.2. The van der Waals surface area contributed by atoms with E-state index in [1.807, 2.05) is 54.9 Å². The number of carbonyl (C=O) groups excluding carboxylic acids is 1. The van der Waals surface area contributed by atoms with Gasteiger partial charge in [0.2, 0.25) is 0 Å². The quantitative estimate of drug-likeness (QED) is 0.0397. The minimum atomic E-state index is -7.22. The Kier molecular flexibility index (Phi) is 12.7. The third kappa shape index (κ3) is 7.21. The molecular formula is C38H14BF20NO. The van der Waals surface area contributed by atoms with Crippen LogP contribution in [0.15, 0.2) is 54.9 Å². The second-order valence-corrected chi connectivity index (χ2v) is 12.6. The van der Waals surface area contributed by atoms with E-state index in [4.69, 9.17) is 0 Å². The maximum Gasteiger partial charge on any atom is 0.200 e. The topological polar surface area (TPSA) is 20.9 Å². The first-order chi connectivity index (χ1) is 28.5. The number of pyridine rings is 1. The summed E-state index contributed by atoms with van der Waals surface area (Å²) in [6.45, 7) is 2.34. The second-order valence-electron chi connectivity index (χ2n) is 12.6. The van der Waals surface area contributed by atoms with Crippen molar-refractivity contribution in [2.24, 2.45) is 0 Å². The second kappa shape index (κ2) is 16.9. The number of hydrogen-bond acceptors (Lipinski definition) is 1. The van der Waals surface area contributed by atoms with E-state index in [2.05, 4.69) is 4.57 Å². The van der Waals surface area contributed by atoms with Gasteiger partial charge in [-0.05, 0) is 6.92 Å². The molecule has 0 radical (unpaired) electrons. The molecule has 5 aromatic carbocycles. The van der Waals surface area contributed by atoms with E-state index in [9.17, 15) is 57.5 Å². The van der Waals surface area contributed by atoms with Crippen LogP contribution in [-0.4, -0.2) is 11.9 Å². The molecule has 6 aromatic rings. The van der Waals surface area contributed by atoms with Gasteiger partial charge in [-0.3, -0.25) is 4.79 Å². The molecule has 0 bridgehead atoms. The van der Waals surface area contributed by atoms with Crippen molar-refractivity contribution in [3.8, 4) is 0 Å². The van der Waals surface area contributed by atoms with Crippen molar-refractivity contribution in [1.82, 2.24) is 0 Å². The first kappa shape index (κ1) is 45.7. The van der Waals surface area contributed by atoms with E-state index < -0.39 is 144 Å². The smallest absolute Gasteiger partial charge is 0.200 e. The Labute approximate surface area is 326 Å². The average Bonchev–Trinajstić information content (AvgIpc) is 3.24. The Bertz CT molecular complexity index is 2380. The number of rotatable bonds is 7. The molecule has 0 fully saturated rings. The van der Waals surface area contributed by atoms with Gasteiger partial charge < -0.3 is 0 Å². The van der Waals surface area contributed by atoms with E-state index in [-0.39, 0.29) is 5.78 Å². The van der Waals surface area contributed by atoms with E-state index in [0.717, 1.165) is 17.7 Å². The molecule has 0 N–H and O–H groups in total. The van der Waals surface area contributed by atoms with Gasteiger partial charge in [0, 0.05) is 23.3 Å². The molecule has 1 aromatic heterocycles. The van der Waals surface area contributed by atoms with Gasteiger partial charge in [0.15, 0.2) is 94.5 Å². The molecule has 6 rings (SSSR count). The standard InChI is InChI=1S/C24BF20.C14H14NO/c26-5-1(6(27)14(35)21(42)13(5)34)25(2-7(28)15(36)22(43)16(37)8(2)29,3-9(30)17(38)23(44)18(39)10(3)31)4-11(32)19(40)24(45)20(41)12(4)33;1-12(16)14-8-4-3-7-13(14)11-15-9-5-2-6-10-15/h;2-10H,11H2,1H3/q-1;+1. The number of nitrogens with zero attached hydrogens (tertiary/aromatic N) is 1. The van der Waals surface area contributed by atoms with Crippen LogP contribution in [-0.2, 0) is 6.54 Å². The summed E-state index contributed by atoms with van der Waals surface area (Å²) in [5, 5.41) is 0. The number of benzene rings is 5. The molecule has 1 heterocycles. The number of ketones is 1. The van der Waals surface area contributed by atoms with Crippen molar-refractivity contribution in [2.75, 3.05) is 0 Å². The molecule has 0 unspecified atom stereocenters. The van der Waals surface area contributed by atoms with Crippen LogP contribution in [0.25, 0.3) is 0 Å². The highest BCUT2D eigenvalue weighted by Gasteiger charge is 2.52. The molecular weight excluding hydrogens is 877 g/mol. The van der Waals surface area contributed by atoms with Gasteiger partial charge in [-0.2, -0.15) is 0 Å². The number of halogens is 20. The Hall–Kier alpha value is -6.42. The van der Waals surface area contributed by atoms with Crippen molar-refractivity contribution in [3.63, 3.8) is 0 Å². The summed E-state index contributed by atoms with van der Waals surface area (Å²) in [4.78, 5) is 11.4. The molecule has 2 nitrogen and oxygen atoms in total. The minimum Gasteiger partial charge on any atom is -0.294 e. The zero-order valence-corrected chi connectivity index (χ0v) is 29.4. The zero-order valence-electron chi connectivity index (χ0n) is 29.4. The molecule has 0 spiro atoms. The van der Waals surface area contributed by atoms with Crippen LogP contribution < -0.4 is 26.4 Å². The van der Waals surface area contributed by atoms with Crippen molar-refractivity contribution >= 4 is 33.8 Å². The summed E-state index contributed by atoms with van der Waals surface area (Å²) < 4.78 is 296. The number of Topliss-reactive ketones (excluding diaryl/α,β-unsaturated/α-hetero) is 1. The molecule has 0 saturated heterocycles. The van der Waals surface area contributed by atoms with Gasteiger partial charge in [-0.25, -0.2) is 92.4 Å². The maximum atomic E-state index is 15.4. The van der Waals surface area contributed by atoms with E-state index in [0.29, 0.717) is 0 Å². The lowest BCUT2D eigenvalue weighted by Gasteiger charge is -2.44. The van der Waals surface area contributed by atoms with E-state index in [1.165, 1.54) is 0 Å². The molecule has 0 aliphatic carbocycles. The summed E-state index contributed by atoms with van der Waals surface area (Å²) in [7, 11) is 0. The lowest BCUT2D eigenvalue weighted by molar-refractivity contribution is -0.688. The molecule has 0 atom stereocenters. The van der Waals surface area contributed by atoms with Gasteiger partial charge >= 0.3 is 0 Å². The van der Waals surface area contributed by atoms with E-state index in [1.54, 1.807) is 6.92 Å². The summed E-state index contributed by atoms with van der Waals surface area (Å²) in [5.41, 5.74) is -12.5. The largest absolute Gasteiger partial charge is 0.294 e. The Morgan fingerprint density at radius 3 is 0.885 bits per heavy atom. The number of aromatic nitrogens is 1. The van der Waals surface area contributed by atoms with Gasteiger partial charge in [-0.15, -0.1) is 21.9 Å². The summed E-state index contributed by atoms with van der Waals surface area (Å²) >= 11 is 0. The monoisotopic (exact) mass is 891 g/mol. The molecule has 0 aliphatic rings. The van der Waals surface area contributed by atoms with Gasteiger partial charge in [0.1, 0.15) is 52.7 Å². The Balaban J connectivity index is 0.000000366. The van der Waals surface area contributed by atoms with Crippen molar-refractivity contribution in [3.05, 3.63) is 182 Å². The van der Waals surface area contributed by atoms with Crippen molar-refractivity contribution in [1.29, 1.82) is 0 Å². The molecule has 61 heavy (non-hydrogen) atoms. The SMILES string of the molecule is CC(=O)c1ccccc1C[n+]1ccccc1.Fc1c(F)c(F)c([B-](c2c(F)c(F)c(F)c(F)c2F)(c2c(F)c(F)c(F)c(F)c2F)c2c(F)c(F)c(F)c(F)c2F)c(F)c1F. The predicted molar refractivity (Wildman–Crippen MR) is 171 cm³/mol. The predicted octanol–water partition coefficient (Wildman–Crippen LogP) is 8.07. The van der Waals surface area contributed by atoms with Crippen LogP contribution in [0.5, 0.6) is 0 Å². The fourth-order valence-electron chi connectivity index (χ4n) is 6.61. The highest BCUT2D eigenvalue weighted by molar-refractivity contribution is 7.20. The first-order valence-corrected chi connectivity index (χ1v) is 16.2. The summed E-state index contributed by atoms with van der Waals surface area (Å²) in [6, 6.07) is 13.7. The van der Waals surface area contributed by atoms with Crippen LogP contribution in [0.3, 0.4) is 0 Å². The lowest BCUT2D eigenvalue weighted by Crippen LogP contribution is -2.81. The molecule has 0 amide bonds. The fourth-order valence-corrected chi connectivity index (χ4v) is 6.61. The van der Waals surface area contributed by atoms with Crippen molar-refractivity contribution in [2.45, 2.75) is 13.5 Å². The zero-order chi connectivity index (χ0) is 45.7. The van der Waals surface area contributed by atoms with Gasteiger partial charge in [0.25, 0.3) is 0 Å². The third-order valence-electron chi connectivity index (χ3n) is 9.23. The normalized spacial score (nSPS) is 11.5. The fraction of sp³-hybridized carbons (Fsp3) is 0.0526. The molecule has 320 valence electrons. The van der Waals surface area contributed by atoms with Crippen LogP contribution in [0.2, 0.25) is 0 Å². The average molecular weight is 891 g/mol. The van der Waals surface area contributed by atoms with E-state index >= 15 is 35.1 Å². The van der Waals surface area contributed by atoms with Crippen LogP contribution in [0.1, 0.15) is 22.8 Å². The Morgan fingerprint density at radius 1 is 0.377 bits per heavy atom. The maximum absolute atomic E-state index is 15.4. The lowest BCUT2D eigenvalue weighted by atomic mass is 9.12. The number of carbonyl (C=O) groups is 1. The van der Waals surface area contributed by atoms with Crippen LogP contribution in [0.4, 0.5) is 87.8 Å². The van der Waals surface area contributed by atoms with Crippen LogP contribution in [0, 0.1) is 116 Å². The highest BCUT2D eigenvalue weighted by Crippen LogP contribution is 2.30. The third-order valence-corrected chi connectivity index (χ3v) is 9.23. The van der Waals surface area contributed by atoms with Crippen LogP contribution >= 0.6 is 0 Å². The minimum absolute atomic E-state index is 0.118. The number of hydrogen-bond donors (Lipinski definition) is 0.